The van der Waals surface area contributed by atoms with E-state index >= 15 is 0 Å². The number of hydrogen-bond donors (Lipinski definition) is 1. The van der Waals surface area contributed by atoms with E-state index in [4.69, 9.17) is 13.9 Å². The second kappa shape index (κ2) is 7.16. The molecule has 0 radical (unpaired) electrons. The Balaban J connectivity index is 1.30. The minimum absolute atomic E-state index is 0.0325. The number of amides is 2. The molecule has 9 heteroatoms. The van der Waals surface area contributed by atoms with Crippen LogP contribution in [0.25, 0.3) is 11.0 Å². The number of furan rings is 1. The van der Waals surface area contributed by atoms with E-state index in [1.165, 1.54) is 0 Å². The number of benzene rings is 2. The Morgan fingerprint density at radius 1 is 1.09 bits per heavy atom. The Morgan fingerprint density at radius 2 is 1.97 bits per heavy atom. The molecule has 4 aromatic rings. The van der Waals surface area contributed by atoms with E-state index in [-0.39, 0.29) is 31.6 Å². The van der Waals surface area contributed by atoms with E-state index in [2.05, 4.69) is 10.3 Å². The highest BCUT2D eigenvalue weighted by atomic mass is 16.7. The van der Waals surface area contributed by atoms with Crippen LogP contribution >= 0.6 is 0 Å². The van der Waals surface area contributed by atoms with Crippen molar-refractivity contribution in [3.05, 3.63) is 66.6 Å². The van der Waals surface area contributed by atoms with E-state index in [9.17, 15) is 9.59 Å². The van der Waals surface area contributed by atoms with E-state index in [0.29, 0.717) is 28.9 Å². The SMILES string of the molecule is O=C(C[C@@H]1C(=O)N(Cc2ccco2)c2nc3ccccc3n21)Nc1ccc2c(c1)OCO2. The summed E-state index contributed by atoms with van der Waals surface area (Å²) < 4.78 is 17.9. The third-order valence-electron chi connectivity index (χ3n) is 5.61. The van der Waals surface area contributed by atoms with Crippen LogP contribution in [0.2, 0.25) is 0 Å². The van der Waals surface area contributed by atoms with Gasteiger partial charge in [0, 0.05) is 11.8 Å². The molecular formula is C23H18N4O5. The van der Waals surface area contributed by atoms with Crippen molar-refractivity contribution >= 4 is 34.5 Å². The molecule has 2 aliphatic heterocycles. The third-order valence-corrected chi connectivity index (χ3v) is 5.61. The van der Waals surface area contributed by atoms with E-state index in [1.54, 1.807) is 41.5 Å². The number of anilines is 2. The number of ether oxygens (including phenoxy) is 2. The highest BCUT2D eigenvalue weighted by Crippen LogP contribution is 2.38. The second-order valence-corrected chi connectivity index (χ2v) is 7.61. The average molecular weight is 430 g/mol. The minimum atomic E-state index is -0.707. The van der Waals surface area contributed by atoms with Gasteiger partial charge in [0.1, 0.15) is 11.8 Å². The molecule has 0 saturated carbocycles. The van der Waals surface area contributed by atoms with Gasteiger partial charge in [0.05, 0.1) is 30.3 Å². The van der Waals surface area contributed by atoms with Gasteiger partial charge in [-0.05, 0) is 36.4 Å². The van der Waals surface area contributed by atoms with E-state index in [0.717, 1.165) is 11.0 Å². The Morgan fingerprint density at radius 3 is 2.84 bits per heavy atom. The van der Waals surface area contributed by atoms with Gasteiger partial charge in [-0.1, -0.05) is 12.1 Å². The van der Waals surface area contributed by atoms with Crippen LogP contribution in [0.1, 0.15) is 18.2 Å². The van der Waals surface area contributed by atoms with Gasteiger partial charge in [-0.2, -0.15) is 0 Å². The Labute approximate surface area is 182 Å². The maximum atomic E-state index is 13.3. The molecule has 0 unspecified atom stereocenters. The number of para-hydroxylation sites is 2. The molecule has 1 N–H and O–H groups in total. The monoisotopic (exact) mass is 430 g/mol. The quantitative estimate of drug-likeness (QED) is 0.521. The summed E-state index contributed by atoms with van der Waals surface area (Å²) in [4.78, 5) is 32.5. The van der Waals surface area contributed by atoms with Crippen LogP contribution in [0.3, 0.4) is 0 Å². The lowest BCUT2D eigenvalue weighted by Crippen LogP contribution is -2.31. The van der Waals surface area contributed by atoms with Gasteiger partial charge in [-0.15, -0.1) is 0 Å². The van der Waals surface area contributed by atoms with Crippen molar-refractivity contribution in [2.24, 2.45) is 0 Å². The van der Waals surface area contributed by atoms with E-state index in [1.807, 2.05) is 28.8 Å². The van der Waals surface area contributed by atoms with Gasteiger partial charge < -0.3 is 19.2 Å². The molecule has 2 aromatic carbocycles. The summed E-state index contributed by atoms with van der Waals surface area (Å²) in [6, 6.07) is 15.6. The zero-order chi connectivity index (χ0) is 21.7. The Hall–Kier alpha value is -4.27. The molecule has 2 aromatic heterocycles. The molecule has 0 fully saturated rings. The molecule has 0 saturated heterocycles. The summed E-state index contributed by atoms with van der Waals surface area (Å²) in [6.07, 6.45) is 1.53. The predicted molar refractivity (Wildman–Crippen MR) is 114 cm³/mol. The van der Waals surface area contributed by atoms with Crippen LogP contribution in [-0.4, -0.2) is 28.2 Å². The van der Waals surface area contributed by atoms with Crippen molar-refractivity contribution in [3.8, 4) is 11.5 Å². The van der Waals surface area contributed by atoms with Crippen LogP contribution in [0, 0.1) is 0 Å². The number of hydrogen-bond acceptors (Lipinski definition) is 6. The lowest BCUT2D eigenvalue weighted by molar-refractivity contribution is -0.124. The molecular weight excluding hydrogens is 412 g/mol. The highest BCUT2D eigenvalue weighted by Gasteiger charge is 2.41. The zero-order valence-electron chi connectivity index (χ0n) is 16.9. The predicted octanol–water partition coefficient (Wildman–Crippen LogP) is 3.47. The molecule has 4 heterocycles. The first-order valence-corrected chi connectivity index (χ1v) is 10.2. The number of carbonyl (C=O) groups excluding carboxylic acids is 2. The van der Waals surface area contributed by atoms with Gasteiger partial charge in [0.2, 0.25) is 18.6 Å². The normalized spacial score (nSPS) is 16.6. The standard InChI is InChI=1S/C23H18N4O5/c28-21(24-14-7-8-19-20(10-14)32-13-31-19)11-18-22(29)26(12-15-4-3-9-30-15)23-25-16-5-1-2-6-17(16)27(18)23/h1-10,18H,11-13H2,(H,24,28)/t18-/m1/s1. The molecule has 0 aliphatic carbocycles. The maximum absolute atomic E-state index is 13.3. The van der Waals surface area contributed by atoms with Gasteiger partial charge in [0.15, 0.2) is 11.5 Å². The first-order chi connectivity index (χ1) is 15.7. The maximum Gasteiger partial charge on any atom is 0.253 e. The van der Waals surface area contributed by atoms with Crippen molar-refractivity contribution in [3.63, 3.8) is 0 Å². The van der Waals surface area contributed by atoms with Crippen molar-refractivity contribution in [1.29, 1.82) is 0 Å². The molecule has 9 nitrogen and oxygen atoms in total. The molecule has 6 rings (SSSR count). The number of nitrogens with one attached hydrogen (secondary N) is 1. The number of carbonyl (C=O) groups is 2. The second-order valence-electron chi connectivity index (χ2n) is 7.61. The number of imidazole rings is 1. The number of nitrogens with zero attached hydrogens (tertiary/aromatic N) is 3. The lowest BCUT2D eigenvalue weighted by atomic mass is 10.1. The number of rotatable bonds is 5. The molecule has 0 bridgehead atoms. The van der Waals surface area contributed by atoms with Crippen LogP contribution in [0.15, 0.2) is 65.3 Å². The van der Waals surface area contributed by atoms with Crippen molar-refractivity contribution in [2.75, 3.05) is 17.0 Å². The van der Waals surface area contributed by atoms with Crippen LogP contribution in [0.4, 0.5) is 11.6 Å². The van der Waals surface area contributed by atoms with Crippen molar-refractivity contribution in [2.45, 2.75) is 19.0 Å². The van der Waals surface area contributed by atoms with Crippen LogP contribution in [-0.2, 0) is 16.1 Å². The average Bonchev–Trinajstić information content (AvgIpc) is 3.57. The summed E-state index contributed by atoms with van der Waals surface area (Å²) in [6.45, 7) is 0.404. The van der Waals surface area contributed by atoms with Crippen molar-refractivity contribution in [1.82, 2.24) is 9.55 Å². The zero-order valence-corrected chi connectivity index (χ0v) is 16.9. The fourth-order valence-electron chi connectivity index (χ4n) is 4.17. The van der Waals surface area contributed by atoms with Gasteiger partial charge >= 0.3 is 0 Å². The molecule has 0 spiro atoms. The topological polar surface area (TPSA) is 98.8 Å². The lowest BCUT2D eigenvalue weighted by Gasteiger charge is -2.15. The Kier molecular flexibility index (Phi) is 4.14. The molecule has 160 valence electrons. The van der Waals surface area contributed by atoms with Crippen LogP contribution in [0.5, 0.6) is 11.5 Å². The van der Waals surface area contributed by atoms with Gasteiger partial charge in [-0.3, -0.25) is 19.1 Å². The number of aromatic nitrogens is 2. The summed E-state index contributed by atoms with van der Waals surface area (Å²) >= 11 is 0. The number of fused-ring (bicyclic) bond motifs is 4. The fraction of sp³-hybridized carbons (Fsp3) is 0.174. The minimum Gasteiger partial charge on any atom is -0.467 e. The highest BCUT2D eigenvalue weighted by molar-refractivity contribution is 6.05. The summed E-state index contributed by atoms with van der Waals surface area (Å²) in [5.41, 5.74) is 2.15. The molecule has 2 amide bonds. The summed E-state index contributed by atoms with van der Waals surface area (Å²) in [5, 5.41) is 2.85. The Bertz CT molecular complexity index is 1340. The smallest absolute Gasteiger partial charge is 0.253 e. The summed E-state index contributed by atoms with van der Waals surface area (Å²) in [5.74, 6) is 1.88. The van der Waals surface area contributed by atoms with E-state index < -0.39 is 6.04 Å². The third kappa shape index (κ3) is 2.97. The summed E-state index contributed by atoms with van der Waals surface area (Å²) in [7, 11) is 0. The van der Waals surface area contributed by atoms with Crippen LogP contribution < -0.4 is 19.7 Å². The molecule has 32 heavy (non-hydrogen) atoms. The van der Waals surface area contributed by atoms with Crippen molar-refractivity contribution < 1.29 is 23.5 Å². The van der Waals surface area contributed by atoms with Gasteiger partial charge in [-0.25, -0.2) is 4.98 Å². The molecule has 1 atom stereocenters. The first kappa shape index (κ1) is 18.5. The first-order valence-electron chi connectivity index (χ1n) is 10.2. The fourth-order valence-corrected chi connectivity index (χ4v) is 4.17. The largest absolute Gasteiger partial charge is 0.467 e. The van der Waals surface area contributed by atoms with Gasteiger partial charge in [0.25, 0.3) is 5.91 Å². The molecule has 2 aliphatic rings.